The predicted molar refractivity (Wildman–Crippen MR) is 126 cm³/mol. The van der Waals surface area contributed by atoms with Crippen molar-refractivity contribution >= 4 is 12.2 Å². The average molecular weight is 455 g/mol. The van der Waals surface area contributed by atoms with Gasteiger partial charge in [-0.25, -0.2) is 9.59 Å². The van der Waals surface area contributed by atoms with Crippen LogP contribution in [0, 0.1) is 0 Å². The molecule has 2 N–H and O–H groups in total. The largest absolute Gasteiger partial charge is 0.445 e. The van der Waals surface area contributed by atoms with Crippen molar-refractivity contribution in [3.63, 3.8) is 0 Å². The van der Waals surface area contributed by atoms with Gasteiger partial charge in [0.2, 0.25) is 0 Å². The summed E-state index contributed by atoms with van der Waals surface area (Å²) in [5.41, 5.74) is 1.97. The maximum absolute atomic E-state index is 12.7. The Morgan fingerprint density at radius 1 is 1.09 bits per heavy atom. The summed E-state index contributed by atoms with van der Waals surface area (Å²) in [4.78, 5) is 26.3. The van der Waals surface area contributed by atoms with Gasteiger partial charge in [0.1, 0.15) is 12.2 Å². The Hall–Kier alpha value is -3.06. The van der Waals surface area contributed by atoms with E-state index in [4.69, 9.17) is 9.47 Å². The SMILES string of the molecule is C[C@H](NC(=O)OC(C)(C)C)c1ccc(C(O)[C@@H]2CCCN2C(=O)OCc2ccccc2)cc1. The smallest absolute Gasteiger partial charge is 0.410 e. The van der Waals surface area contributed by atoms with E-state index in [1.54, 1.807) is 4.90 Å². The van der Waals surface area contributed by atoms with Crippen LogP contribution < -0.4 is 5.32 Å². The lowest BCUT2D eigenvalue weighted by atomic mass is 9.98. The molecule has 3 rings (SSSR count). The Morgan fingerprint density at radius 3 is 2.36 bits per heavy atom. The quantitative estimate of drug-likeness (QED) is 0.633. The molecule has 0 aliphatic carbocycles. The molecule has 1 aliphatic heterocycles. The van der Waals surface area contributed by atoms with Crippen LogP contribution >= 0.6 is 0 Å². The zero-order chi connectivity index (χ0) is 24.0. The summed E-state index contributed by atoms with van der Waals surface area (Å²) < 4.78 is 10.8. The molecule has 1 aliphatic rings. The van der Waals surface area contributed by atoms with Crippen LogP contribution in [0.5, 0.6) is 0 Å². The topological polar surface area (TPSA) is 88.1 Å². The highest BCUT2D eigenvalue weighted by Gasteiger charge is 2.35. The number of benzene rings is 2. The number of carbonyl (C=O) groups excluding carboxylic acids is 2. The molecule has 1 saturated heterocycles. The number of ether oxygens (including phenoxy) is 2. The molecule has 7 nitrogen and oxygen atoms in total. The van der Waals surface area contributed by atoms with E-state index in [0.29, 0.717) is 13.0 Å². The fraction of sp³-hybridized carbons (Fsp3) is 0.462. The molecule has 1 heterocycles. The summed E-state index contributed by atoms with van der Waals surface area (Å²) in [5, 5.41) is 13.8. The Balaban J connectivity index is 1.58. The minimum absolute atomic E-state index is 0.205. The number of alkyl carbamates (subject to hydrolysis) is 1. The van der Waals surface area contributed by atoms with E-state index in [2.05, 4.69) is 5.32 Å². The lowest BCUT2D eigenvalue weighted by Crippen LogP contribution is -2.39. The summed E-state index contributed by atoms with van der Waals surface area (Å²) in [6.07, 6.45) is -0.182. The second kappa shape index (κ2) is 10.7. The highest BCUT2D eigenvalue weighted by molar-refractivity contribution is 5.69. The second-order valence-electron chi connectivity index (χ2n) is 9.42. The van der Waals surface area contributed by atoms with E-state index < -0.39 is 23.9 Å². The first kappa shape index (κ1) is 24.6. The molecule has 2 aromatic carbocycles. The van der Waals surface area contributed by atoms with Crippen molar-refractivity contribution < 1.29 is 24.2 Å². The summed E-state index contributed by atoms with van der Waals surface area (Å²) in [6.45, 7) is 8.09. The molecule has 7 heteroatoms. The van der Waals surface area contributed by atoms with Gasteiger partial charge in [-0.2, -0.15) is 0 Å². The lowest BCUT2D eigenvalue weighted by molar-refractivity contribution is 0.0478. The number of carbonyl (C=O) groups is 2. The van der Waals surface area contributed by atoms with Crippen molar-refractivity contribution in [3.05, 3.63) is 71.3 Å². The molecule has 33 heavy (non-hydrogen) atoms. The molecule has 178 valence electrons. The molecule has 0 aromatic heterocycles. The van der Waals surface area contributed by atoms with Crippen molar-refractivity contribution in [2.75, 3.05) is 6.54 Å². The van der Waals surface area contributed by atoms with Gasteiger partial charge in [-0.1, -0.05) is 54.6 Å². The number of aliphatic hydroxyl groups is 1. The van der Waals surface area contributed by atoms with Crippen molar-refractivity contribution in [2.45, 2.75) is 70.9 Å². The third-order valence-corrected chi connectivity index (χ3v) is 5.61. The molecule has 2 aromatic rings. The van der Waals surface area contributed by atoms with E-state index in [1.807, 2.05) is 82.3 Å². The van der Waals surface area contributed by atoms with Gasteiger partial charge in [0, 0.05) is 6.54 Å². The van der Waals surface area contributed by atoms with E-state index in [-0.39, 0.29) is 18.7 Å². The fourth-order valence-electron chi connectivity index (χ4n) is 3.92. The molecule has 0 radical (unpaired) electrons. The van der Waals surface area contributed by atoms with Crippen molar-refractivity contribution in [3.8, 4) is 0 Å². The average Bonchev–Trinajstić information content (AvgIpc) is 3.26. The third-order valence-electron chi connectivity index (χ3n) is 5.61. The van der Waals surface area contributed by atoms with E-state index in [0.717, 1.165) is 23.1 Å². The summed E-state index contributed by atoms with van der Waals surface area (Å²) in [6, 6.07) is 16.3. The zero-order valence-corrected chi connectivity index (χ0v) is 19.8. The van der Waals surface area contributed by atoms with Gasteiger partial charge in [-0.05, 0) is 57.2 Å². The molecular formula is C26H34N2O5. The monoisotopic (exact) mass is 454 g/mol. The minimum atomic E-state index is -0.819. The van der Waals surface area contributed by atoms with Gasteiger partial charge in [0.05, 0.1) is 18.2 Å². The third kappa shape index (κ3) is 6.96. The Morgan fingerprint density at radius 2 is 1.73 bits per heavy atom. The number of amides is 2. The first-order valence-corrected chi connectivity index (χ1v) is 11.4. The van der Waals surface area contributed by atoms with Crippen molar-refractivity contribution in [1.82, 2.24) is 10.2 Å². The van der Waals surface area contributed by atoms with Gasteiger partial charge >= 0.3 is 12.2 Å². The molecule has 1 unspecified atom stereocenters. The Bertz CT molecular complexity index is 924. The van der Waals surface area contributed by atoms with Gasteiger partial charge in [0.15, 0.2) is 0 Å². The second-order valence-corrected chi connectivity index (χ2v) is 9.42. The Labute approximate surface area is 195 Å². The van der Waals surface area contributed by atoms with Crippen LogP contribution in [-0.4, -0.2) is 40.4 Å². The minimum Gasteiger partial charge on any atom is -0.445 e. The van der Waals surface area contributed by atoms with Gasteiger partial charge in [-0.15, -0.1) is 0 Å². The van der Waals surface area contributed by atoms with Crippen molar-refractivity contribution in [1.29, 1.82) is 0 Å². The fourth-order valence-corrected chi connectivity index (χ4v) is 3.92. The molecule has 3 atom stereocenters. The van der Waals surface area contributed by atoms with Crippen LogP contribution in [0.2, 0.25) is 0 Å². The molecule has 0 bridgehead atoms. The molecule has 0 spiro atoms. The van der Waals surface area contributed by atoms with Gasteiger partial charge in [0.25, 0.3) is 0 Å². The maximum Gasteiger partial charge on any atom is 0.410 e. The summed E-state index contributed by atoms with van der Waals surface area (Å²) in [5.74, 6) is 0. The van der Waals surface area contributed by atoms with E-state index in [1.165, 1.54) is 0 Å². The van der Waals surface area contributed by atoms with Crippen LogP contribution in [0.4, 0.5) is 9.59 Å². The van der Waals surface area contributed by atoms with E-state index in [9.17, 15) is 14.7 Å². The molecule has 2 amide bonds. The number of hydrogen-bond acceptors (Lipinski definition) is 5. The lowest BCUT2D eigenvalue weighted by Gasteiger charge is -2.28. The van der Waals surface area contributed by atoms with Crippen LogP contribution in [0.15, 0.2) is 54.6 Å². The first-order valence-electron chi connectivity index (χ1n) is 11.4. The van der Waals surface area contributed by atoms with E-state index >= 15 is 0 Å². The molecule has 1 fully saturated rings. The highest BCUT2D eigenvalue weighted by Crippen LogP contribution is 2.30. The Kier molecular flexibility index (Phi) is 7.97. The van der Waals surface area contributed by atoms with Crippen LogP contribution in [-0.2, 0) is 16.1 Å². The van der Waals surface area contributed by atoms with Crippen molar-refractivity contribution in [2.24, 2.45) is 0 Å². The number of likely N-dealkylation sites (tertiary alicyclic amines) is 1. The first-order chi connectivity index (χ1) is 15.6. The zero-order valence-electron chi connectivity index (χ0n) is 19.8. The maximum atomic E-state index is 12.7. The van der Waals surface area contributed by atoms with Crippen LogP contribution in [0.3, 0.4) is 0 Å². The standard InChI is InChI=1S/C26H34N2O5/c1-18(27-24(30)33-26(2,3)4)20-12-14-21(15-13-20)23(29)22-11-8-16-28(22)25(31)32-17-19-9-6-5-7-10-19/h5-7,9-10,12-15,18,22-23,29H,8,11,16-17H2,1-4H3,(H,27,30)/t18-,22-,23?/m0/s1. The highest BCUT2D eigenvalue weighted by atomic mass is 16.6. The summed E-state index contributed by atoms with van der Waals surface area (Å²) >= 11 is 0. The normalized spacial score (nSPS) is 17.8. The van der Waals surface area contributed by atoms with Crippen LogP contribution in [0.1, 0.15) is 69.4 Å². The number of rotatable bonds is 6. The summed E-state index contributed by atoms with van der Waals surface area (Å²) in [7, 11) is 0. The molecule has 0 saturated carbocycles. The van der Waals surface area contributed by atoms with Gasteiger partial charge in [-0.3, -0.25) is 0 Å². The van der Waals surface area contributed by atoms with Gasteiger partial charge < -0.3 is 24.8 Å². The number of nitrogens with zero attached hydrogens (tertiary/aromatic N) is 1. The number of aliphatic hydroxyl groups excluding tert-OH is 1. The number of hydrogen-bond donors (Lipinski definition) is 2. The number of nitrogens with one attached hydrogen (secondary N) is 1. The van der Waals surface area contributed by atoms with Crippen LogP contribution in [0.25, 0.3) is 0 Å². The molecular weight excluding hydrogens is 420 g/mol. The predicted octanol–water partition coefficient (Wildman–Crippen LogP) is 5.11.